The summed E-state index contributed by atoms with van der Waals surface area (Å²) >= 11 is 6.09. The Morgan fingerprint density at radius 1 is 0.967 bits per heavy atom. The van der Waals surface area contributed by atoms with Crippen LogP contribution >= 0.6 is 11.6 Å². The normalized spacial score (nSPS) is 15.7. The number of nitrogens with zero attached hydrogens (tertiary/aromatic N) is 5. The summed E-state index contributed by atoms with van der Waals surface area (Å²) in [6, 6.07) is 18.2. The van der Waals surface area contributed by atoms with Gasteiger partial charge in [-0.1, -0.05) is 54.1 Å². The Labute approximate surface area is 179 Å². The Morgan fingerprint density at radius 3 is 2.23 bits per heavy atom. The molecule has 1 aromatic heterocycles. The van der Waals surface area contributed by atoms with E-state index in [-0.39, 0.29) is 23.4 Å². The number of nitro groups is 1. The van der Waals surface area contributed by atoms with Crippen LogP contribution in [0.1, 0.15) is 17.2 Å². The summed E-state index contributed by atoms with van der Waals surface area (Å²) in [4.78, 5) is 23.1. The van der Waals surface area contributed by atoms with Crippen molar-refractivity contribution in [2.75, 3.05) is 36.8 Å². The smallest absolute Gasteiger partial charge is 0.353 e. The van der Waals surface area contributed by atoms with Crippen molar-refractivity contribution < 1.29 is 4.92 Å². The van der Waals surface area contributed by atoms with E-state index in [1.54, 1.807) is 0 Å². The van der Waals surface area contributed by atoms with Crippen LogP contribution in [0.4, 0.5) is 17.3 Å². The van der Waals surface area contributed by atoms with Crippen molar-refractivity contribution in [3.05, 3.63) is 87.2 Å². The van der Waals surface area contributed by atoms with Crippen molar-refractivity contribution >= 4 is 28.9 Å². The SMILES string of the molecule is Nc1ncnc(N2CCN(C(c3ccccc3)c3ccc(Cl)cc3)CC2)c1[N+](=O)[O-]. The molecule has 0 aliphatic carbocycles. The predicted molar refractivity (Wildman–Crippen MR) is 117 cm³/mol. The van der Waals surface area contributed by atoms with Crippen LogP contribution in [0.3, 0.4) is 0 Å². The maximum atomic E-state index is 11.5. The van der Waals surface area contributed by atoms with E-state index in [2.05, 4.69) is 27.0 Å². The third kappa shape index (κ3) is 4.05. The van der Waals surface area contributed by atoms with E-state index < -0.39 is 4.92 Å². The second-order valence-corrected chi connectivity index (χ2v) is 7.51. The number of aromatic nitrogens is 2. The lowest BCUT2D eigenvalue weighted by atomic mass is 9.96. The first-order chi connectivity index (χ1) is 14.5. The minimum Gasteiger partial charge on any atom is -0.378 e. The zero-order valence-corrected chi connectivity index (χ0v) is 16.9. The van der Waals surface area contributed by atoms with Crippen LogP contribution < -0.4 is 10.6 Å². The molecule has 9 heteroatoms. The van der Waals surface area contributed by atoms with Gasteiger partial charge in [0.15, 0.2) is 0 Å². The highest BCUT2D eigenvalue weighted by Gasteiger charge is 2.31. The number of benzene rings is 2. The second-order valence-electron chi connectivity index (χ2n) is 7.08. The third-order valence-electron chi connectivity index (χ3n) is 5.29. The highest BCUT2D eigenvalue weighted by molar-refractivity contribution is 6.30. The molecule has 1 atom stereocenters. The van der Waals surface area contributed by atoms with E-state index in [4.69, 9.17) is 17.3 Å². The molecule has 30 heavy (non-hydrogen) atoms. The Bertz CT molecular complexity index is 1020. The highest BCUT2D eigenvalue weighted by atomic mass is 35.5. The number of hydrogen-bond donors (Lipinski definition) is 1. The Morgan fingerprint density at radius 2 is 1.60 bits per heavy atom. The monoisotopic (exact) mass is 424 g/mol. The quantitative estimate of drug-likeness (QED) is 0.493. The van der Waals surface area contributed by atoms with E-state index in [0.717, 1.165) is 5.56 Å². The molecule has 0 saturated carbocycles. The standard InChI is InChI=1S/C21H21ClN6O2/c22-17-8-6-16(7-9-17)18(15-4-2-1-3-5-15)26-10-12-27(13-11-26)21-19(28(29)30)20(23)24-14-25-21/h1-9,14,18H,10-13H2,(H2,23,24,25). The number of piperazine rings is 1. The Kier molecular flexibility index (Phi) is 5.78. The summed E-state index contributed by atoms with van der Waals surface area (Å²) in [6.07, 6.45) is 1.27. The molecule has 154 valence electrons. The summed E-state index contributed by atoms with van der Waals surface area (Å²) in [5.41, 5.74) is 7.83. The topological polar surface area (TPSA) is 101 Å². The maximum Gasteiger partial charge on any atom is 0.353 e. The molecule has 1 aliphatic heterocycles. The van der Waals surface area contributed by atoms with Crippen LogP contribution in [0, 0.1) is 10.1 Å². The molecule has 1 fully saturated rings. The second kappa shape index (κ2) is 8.64. The molecule has 1 saturated heterocycles. The van der Waals surface area contributed by atoms with Crippen molar-refractivity contribution in [3.8, 4) is 0 Å². The molecule has 8 nitrogen and oxygen atoms in total. The predicted octanol–water partition coefficient (Wildman–Crippen LogP) is 3.53. The molecule has 2 N–H and O–H groups in total. The van der Waals surface area contributed by atoms with Gasteiger partial charge in [0.25, 0.3) is 0 Å². The van der Waals surface area contributed by atoms with Gasteiger partial charge in [0.2, 0.25) is 11.6 Å². The zero-order valence-electron chi connectivity index (χ0n) is 16.2. The molecule has 3 aromatic rings. The molecule has 1 unspecified atom stereocenters. The summed E-state index contributed by atoms with van der Waals surface area (Å²) in [6.45, 7) is 2.61. The Balaban J connectivity index is 1.59. The molecule has 0 spiro atoms. The average molecular weight is 425 g/mol. The fourth-order valence-corrected chi connectivity index (χ4v) is 4.00. The molecule has 0 radical (unpaired) electrons. The van der Waals surface area contributed by atoms with Gasteiger partial charge in [-0.05, 0) is 23.3 Å². The van der Waals surface area contributed by atoms with Crippen LogP contribution in [0.25, 0.3) is 0 Å². The molecule has 0 amide bonds. The third-order valence-corrected chi connectivity index (χ3v) is 5.55. The van der Waals surface area contributed by atoms with E-state index in [9.17, 15) is 10.1 Å². The molecule has 2 heterocycles. The fourth-order valence-electron chi connectivity index (χ4n) is 3.88. The summed E-state index contributed by atoms with van der Waals surface area (Å²) < 4.78 is 0. The minimum absolute atomic E-state index is 0.0658. The Hall–Kier alpha value is -3.23. The van der Waals surface area contributed by atoms with Gasteiger partial charge in [-0.2, -0.15) is 0 Å². The van der Waals surface area contributed by atoms with Gasteiger partial charge < -0.3 is 10.6 Å². The molecule has 2 aromatic carbocycles. The summed E-state index contributed by atoms with van der Waals surface area (Å²) in [5.74, 6) is 0.158. The first-order valence-electron chi connectivity index (χ1n) is 9.59. The van der Waals surface area contributed by atoms with Gasteiger partial charge in [-0.3, -0.25) is 15.0 Å². The maximum absolute atomic E-state index is 11.5. The fraction of sp³-hybridized carbons (Fsp3) is 0.238. The first kappa shape index (κ1) is 20.1. The number of nitrogen functional groups attached to an aromatic ring is 1. The van der Waals surface area contributed by atoms with Crippen molar-refractivity contribution in [1.82, 2.24) is 14.9 Å². The summed E-state index contributed by atoms with van der Waals surface area (Å²) in [7, 11) is 0. The number of rotatable bonds is 5. The van der Waals surface area contributed by atoms with Crippen LogP contribution in [-0.2, 0) is 0 Å². The lowest BCUT2D eigenvalue weighted by molar-refractivity contribution is -0.383. The van der Waals surface area contributed by atoms with Gasteiger partial charge >= 0.3 is 5.69 Å². The van der Waals surface area contributed by atoms with Gasteiger partial charge in [-0.25, -0.2) is 9.97 Å². The van der Waals surface area contributed by atoms with E-state index in [1.807, 2.05) is 47.4 Å². The number of halogens is 1. The number of hydrogen-bond acceptors (Lipinski definition) is 7. The lowest BCUT2D eigenvalue weighted by Gasteiger charge is -2.40. The highest BCUT2D eigenvalue weighted by Crippen LogP contribution is 2.33. The number of nitrogens with two attached hydrogens (primary N) is 1. The molecule has 4 rings (SSSR count). The van der Waals surface area contributed by atoms with Crippen LogP contribution in [0.2, 0.25) is 5.02 Å². The van der Waals surface area contributed by atoms with Crippen LogP contribution in [0.5, 0.6) is 0 Å². The van der Waals surface area contributed by atoms with Gasteiger partial charge in [-0.15, -0.1) is 0 Å². The molecule has 1 aliphatic rings. The van der Waals surface area contributed by atoms with Gasteiger partial charge in [0.1, 0.15) is 6.33 Å². The van der Waals surface area contributed by atoms with E-state index in [0.29, 0.717) is 31.2 Å². The van der Waals surface area contributed by atoms with Crippen LogP contribution in [-0.4, -0.2) is 46.0 Å². The molecular weight excluding hydrogens is 404 g/mol. The van der Waals surface area contributed by atoms with E-state index in [1.165, 1.54) is 11.9 Å². The average Bonchev–Trinajstić information content (AvgIpc) is 2.76. The molecular formula is C21H21ClN6O2. The van der Waals surface area contributed by atoms with Gasteiger partial charge in [0, 0.05) is 31.2 Å². The summed E-state index contributed by atoms with van der Waals surface area (Å²) in [5, 5.41) is 12.2. The molecule has 0 bridgehead atoms. The number of anilines is 2. The van der Waals surface area contributed by atoms with Crippen molar-refractivity contribution in [1.29, 1.82) is 0 Å². The zero-order chi connectivity index (χ0) is 21.1. The minimum atomic E-state index is -0.516. The van der Waals surface area contributed by atoms with E-state index >= 15 is 0 Å². The van der Waals surface area contributed by atoms with Gasteiger partial charge in [0.05, 0.1) is 11.0 Å². The van der Waals surface area contributed by atoms with Crippen molar-refractivity contribution in [2.45, 2.75) is 6.04 Å². The largest absolute Gasteiger partial charge is 0.378 e. The first-order valence-corrected chi connectivity index (χ1v) is 9.96. The van der Waals surface area contributed by atoms with Crippen molar-refractivity contribution in [2.24, 2.45) is 0 Å². The van der Waals surface area contributed by atoms with Crippen molar-refractivity contribution in [3.63, 3.8) is 0 Å². The van der Waals surface area contributed by atoms with Crippen LogP contribution in [0.15, 0.2) is 60.9 Å². The lowest BCUT2D eigenvalue weighted by Crippen LogP contribution is -2.48.